The summed E-state index contributed by atoms with van der Waals surface area (Å²) >= 11 is 1.84. The Hall–Kier alpha value is -1.98. The maximum Gasteiger partial charge on any atom is 0.207 e. The Morgan fingerprint density at radius 2 is 2.18 bits per heavy atom. The highest BCUT2D eigenvalue weighted by Crippen LogP contribution is 2.23. The fraction of sp³-hybridized carbons (Fsp3) is 0.294. The minimum atomic E-state index is -0.00178. The van der Waals surface area contributed by atoms with Crippen LogP contribution in [0.2, 0.25) is 0 Å². The number of thiophene rings is 1. The first kappa shape index (κ1) is 13.7. The van der Waals surface area contributed by atoms with Crippen LogP contribution in [0, 0.1) is 0 Å². The van der Waals surface area contributed by atoms with Crippen LogP contribution >= 0.6 is 11.3 Å². The van der Waals surface area contributed by atoms with E-state index in [9.17, 15) is 4.79 Å². The van der Waals surface area contributed by atoms with Gasteiger partial charge in [0.2, 0.25) is 5.43 Å². The number of fused-ring (bicyclic) bond motifs is 1. The third-order valence-corrected chi connectivity index (χ3v) is 5.47. The maximum absolute atomic E-state index is 11.9. The summed E-state index contributed by atoms with van der Waals surface area (Å²) < 4.78 is 1.98. The Morgan fingerprint density at radius 1 is 1.27 bits per heavy atom. The molecule has 2 atom stereocenters. The van der Waals surface area contributed by atoms with Crippen molar-refractivity contribution in [2.75, 3.05) is 6.54 Å². The van der Waals surface area contributed by atoms with Gasteiger partial charge >= 0.3 is 0 Å². The quantitative estimate of drug-likeness (QED) is 0.801. The number of nitrogens with zero attached hydrogens (tertiary/aromatic N) is 2. The van der Waals surface area contributed by atoms with Gasteiger partial charge in [0, 0.05) is 18.2 Å². The van der Waals surface area contributed by atoms with Crippen molar-refractivity contribution in [3.05, 3.63) is 63.1 Å². The van der Waals surface area contributed by atoms with E-state index < -0.39 is 0 Å². The van der Waals surface area contributed by atoms with Gasteiger partial charge in [-0.25, -0.2) is 4.68 Å². The number of hydrogen-bond acceptors (Lipinski definition) is 3. The molecule has 4 rings (SSSR count). The van der Waals surface area contributed by atoms with Gasteiger partial charge in [-0.05, 0) is 23.6 Å². The van der Waals surface area contributed by atoms with E-state index in [1.165, 1.54) is 28.8 Å². The average Bonchev–Trinajstić information content (AvgIpc) is 3.21. The van der Waals surface area contributed by atoms with Gasteiger partial charge in [-0.15, -0.1) is 11.3 Å². The molecule has 0 bridgehead atoms. The van der Waals surface area contributed by atoms with Crippen LogP contribution in [-0.2, 0) is 6.67 Å². The lowest BCUT2D eigenvalue weighted by Gasteiger charge is -2.21. The second-order valence-electron chi connectivity index (χ2n) is 5.80. The number of para-hydroxylation sites is 1. The molecule has 1 aliphatic rings. The Kier molecular flexibility index (Phi) is 3.52. The summed E-state index contributed by atoms with van der Waals surface area (Å²) in [6.45, 7) is 1.97. The lowest BCUT2D eigenvalue weighted by atomic mass is 10.2. The first-order chi connectivity index (χ1) is 10.8. The molecule has 1 N–H and O–H groups in total. The van der Waals surface area contributed by atoms with E-state index in [1.54, 1.807) is 0 Å². The lowest BCUT2D eigenvalue weighted by molar-refractivity contribution is -0.940. The first-order valence-corrected chi connectivity index (χ1v) is 8.54. The predicted molar refractivity (Wildman–Crippen MR) is 88.1 cm³/mol. The third kappa shape index (κ3) is 2.36. The van der Waals surface area contributed by atoms with Crippen LogP contribution in [0.1, 0.15) is 23.8 Å². The predicted octanol–water partition coefficient (Wildman–Crippen LogP) is 1.84. The van der Waals surface area contributed by atoms with E-state index in [0.717, 1.165) is 24.1 Å². The number of rotatable bonds is 3. The normalized spacial score (nSPS) is 21.5. The molecular weight excluding hydrogens is 294 g/mol. The molecule has 0 spiro atoms. The molecule has 1 aliphatic heterocycles. The molecule has 0 radical (unpaired) electrons. The monoisotopic (exact) mass is 312 g/mol. The molecule has 1 aromatic carbocycles. The summed E-state index contributed by atoms with van der Waals surface area (Å²) in [4.78, 5) is 14.9. The lowest BCUT2D eigenvalue weighted by Crippen LogP contribution is -3.09. The van der Waals surface area contributed by atoms with E-state index in [1.807, 2.05) is 40.3 Å². The van der Waals surface area contributed by atoms with Gasteiger partial charge in [0.05, 0.1) is 23.1 Å². The number of likely N-dealkylation sites (tertiary alicyclic amines) is 1. The maximum atomic E-state index is 11.9. The van der Waals surface area contributed by atoms with Gasteiger partial charge < -0.3 is 4.90 Å². The molecular formula is C17H18N3OS+. The van der Waals surface area contributed by atoms with Crippen LogP contribution < -0.4 is 10.3 Å². The van der Waals surface area contributed by atoms with Gasteiger partial charge in [0.25, 0.3) is 0 Å². The Balaban J connectivity index is 1.69. The molecule has 1 fully saturated rings. The second kappa shape index (κ2) is 5.66. The van der Waals surface area contributed by atoms with Crippen LogP contribution in [0.3, 0.4) is 0 Å². The van der Waals surface area contributed by atoms with Crippen molar-refractivity contribution in [2.45, 2.75) is 25.6 Å². The highest BCUT2D eigenvalue weighted by atomic mass is 32.1. The second-order valence-corrected chi connectivity index (χ2v) is 6.78. The van der Waals surface area contributed by atoms with Crippen LogP contribution in [0.25, 0.3) is 10.9 Å². The zero-order valence-electron chi connectivity index (χ0n) is 12.2. The Labute approximate surface area is 132 Å². The SMILES string of the molecule is O=c1cnn(C[NH+]2CCC[C@H]2c2cccs2)c2ccccc12. The topological polar surface area (TPSA) is 39.3 Å². The minimum absolute atomic E-state index is 0.00178. The van der Waals surface area contributed by atoms with Crippen molar-refractivity contribution < 1.29 is 4.90 Å². The summed E-state index contributed by atoms with van der Waals surface area (Å²) in [7, 11) is 0. The summed E-state index contributed by atoms with van der Waals surface area (Å²) in [6, 6.07) is 12.7. The van der Waals surface area contributed by atoms with Crippen molar-refractivity contribution in [1.82, 2.24) is 9.78 Å². The molecule has 0 aliphatic carbocycles. The van der Waals surface area contributed by atoms with Gasteiger partial charge in [-0.1, -0.05) is 18.2 Å². The van der Waals surface area contributed by atoms with Crippen molar-refractivity contribution in [3.63, 3.8) is 0 Å². The van der Waals surface area contributed by atoms with E-state index in [0.29, 0.717) is 6.04 Å². The average molecular weight is 312 g/mol. The Morgan fingerprint density at radius 3 is 3.05 bits per heavy atom. The molecule has 112 valence electrons. The third-order valence-electron chi connectivity index (χ3n) is 4.48. The Bertz CT molecular complexity index is 840. The van der Waals surface area contributed by atoms with Crippen molar-refractivity contribution in [2.24, 2.45) is 0 Å². The van der Waals surface area contributed by atoms with Crippen molar-refractivity contribution in [3.8, 4) is 0 Å². The van der Waals surface area contributed by atoms with E-state index in [2.05, 4.69) is 22.6 Å². The number of hydrogen-bond donors (Lipinski definition) is 1. The van der Waals surface area contributed by atoms with Gasteiger partial charge in [-0.3, -0.25) is 4.79 Å². The molecule has 1 unspecified atom stereocenters. The van der Waals surface area contributed by atoms with Crippen molar-refractivity contribution >= 4 is 22.2 Å². The molecule has 0 saturated carbocycles. The van der Waals surface area contributed by atoms with E-state index >= 15 is 0 Å². The molecule has 22 heavy (non-hydrogen) atoms. The summed E-state index contributed by atoms with van der Waals surface area (Å²) in [6.07, 6.45) is 3.92. The largest absolute Gasteiger partial charge is 0.310 e. The fourth-order valence-corrected chi connectivity index (χ4v) is 4.33. The zero-order chi connectivity index (χ0) is 14.9. The smallest absolute Gasteiger partial charge is 0.207 e. The van der Waals surface area contributed by atoms with Crippen LogP contribution in [0.5, 0.6) is 0 Å². The fourth-order valence-electron chi connectivity index (χ4n) is 3.41. The van der Waals surface area contributed by atoms with Gasteiger partial charge in [-0.2, -0.15) is 5.10 Å². The molecule has 2 aromatic heterocycles. The first-order valence-electron chi connectivity index (χ1n) is 7.66. The standard InChI is InChI=1S/C17H17N3OS/c21-16-11-18-20(14-6-2-1-5-13(14)16)12-19-9-3-7-15(19)17-8-4-10-22-17/h1-2,4-6,8,10-11,15H,3,7,9,12H2/p+1/t15-/m0/s1. The summed E-state index contributed by atoms with van der Waals surface area (Å²) in [5.41, 5.74) is 0.928. The molecule has 3 heterocycles. The van der Waals surface area contributed by atoms with Crippen LogP contribution in [0.15, 0.2) is 52.8 Å². The zero-order valence-corrected chi connectivity index (χ0v) is 13.1. The number of benzene rings is 1. The van der Waals surface area contributed by atoms with Crippen LogP contribution in [0.4, 0.5) is 0 Å². The highest BCUT2D eigenvalue weighted by Gasteiger charge is 2.31. The number of quaternary nitrogens is 1. The number of nitrogens with one attached hydrogen (secondary N) is 1. The number of aromatic nitrogens is 2. The minimum Gasteiger partial charge on any atom is -0.310 e. The molecule has 5 heteroatoms. The van der Waals surface area contributed by atoms with Gasteiger partial charge in [0.15, 0.2) is 6.67 Å². The molecule has 1 saturated heterocycles. The van der Waals surface area contributed by atoms with E-state index in [-0.39, 0.29) is 5.43 Å². The van der Waals surface area contributed by atoms with Crippen LogP contribution in [-0.4, -0.2) is 16.3 Å². The van der Waals surface area contributed by atoms with E-state index in [4.69, 9.17) is 0 Å². The van der Waals surface area contributed by atoms with Gasteiger partial charge in [0.1, 0.15) is 6.04 Å². The van der Waals surface area contributed by atoms with Crippen molar-refractivity contribution in [1.29, 1.82) is 0 Å². The summed E-state index contributed by atoms with van der Waals surface area (Å²) in [5, 5.41) is 7.28. The molecule has 0 amide bonds. The summed E-state index contributed by atoms with van der Waals surface area (Å²) in [5.74, 6) is 0. The molecule has 4 nitrogen and oxygen atoms in total. The highest BCUT2D eigenvalue weighted by molar-refractivity contribution is 7.10. The molecule has 3 aromatic rings.